The number of carbonyl (C=O) groups is 2. The Hall–Kier alpha value is -3.68. The van der Waals surface area contributed by atoms with Gasteiger partial charge >= 0.3 is 12.1 Å². The van der Waals surface area contributed by atoms with Gasteiger partial charge in [0.25, 0.3) is 0 Å². The van der Waals surface area contributed by atoms with Gasteiger partial charge in [0, 0.05) is 17.3 Å². The molecule has 1 unspecified atom stereocenters. The van der Waals surface area contributed by atoms with E-state index in [9.17, 15) is 14.7 Å². The first kappa shape index (κ1) is 22.1. The summed E-state index contributed by atoms with van der Waals surface area (Å²) in [5.41, 5.74) is 0.520. The molecule has 2 N–H and O–H groups in total. The van der Waals surface area contributed by atoms with Crippen LogP contribution >= 0.6 is 22.7 Å². The van der Waals surface area contributed by atoms with Gasteiger partial charge in [-0.05, 0) is 49.3 Å². The van der Waals surface area contributed by atoms with E-state index < -0.39 is 23.6 Å². The first-order valence-corrected chi connectivity index (χ1v) is 12.2. The smallest absolute Gasteiger partial charge is 0.413 e. The van der Waals surface area contributed by atoms with Gasteiger partial charge in [0.1, 0.15) is 11.5 Å². The van der Waals surface area contributed by atoms with Crippen molar-refractivity contribution in [1.82, 2.24) is 15.0 Å². The normalized spacial score (nSPS) is 14.8. The molecule has 3 aromatic heterocycles. The minimum Gasteiger partial charge on any atom is -0.481 e. The van der Waals surface area contributed by atoms with E-state index in [1.807, 2.05) is 42.5 Å². The molecular weight excluding hydrogens is 472 g/mol. The van der Waals surface area contributed by atoms with E-state index in [1.165, 1.54) is 27.4 Å². The molecule has 1 atom stereocenters. The maximum Gasteiger partial charge on any atom is 0.413 e. The third kappa shape index (κ3) is 4.16. The molecule has 10 heteroatoms. The highest BCUT2D eigenvalue weighted by Gasteiger charge is 2.53. The van der Waals surface area contributed by atoms with Crippen molar-refractivity contribution in [2.75, 3.05) is 5.32 Å². The summed E-state index contributed by atoms with van der Waals surface area (Å²) in [4.78, 5) is 25.7. The zero-order chi connectivity index (χ0) is 23.9. The van der Waals surface area contributed by atoms with Crippen LogP contribution in [0.4, 0.5) is 10.6 Å². The number of carboxylic acids is 1. The summed E-state index contributed by atoms with van der Waals surface area (Å²) >= 11 is 3.03. The van der Waals surface area contributed by atoms with Crippen LogP contribution in [0.1, 0.15) is 46.9 Å². The van der Waals surface area contributed by atoms with Crippen LogP contribution < -0.4 is 5.32 Å². The van der Waals surface area contributed by atoms with Gasteiger partial charge in [-0.15, -0.1) is 27.8 Å². The number of ether oxygens (including phenoxy) is 1. The second-order valence-electron chi connectivity index (χ2n) is 8.09. The number of aromatic nitrogens is 3. The van der Waals surface area contributed by atoms with E-state index in [2.05, 4.69) is 27.5 Å². The number of nitrogens with zero attached hydrogens (tertiary/aromatic N) is 3. The van der Waals surface area contributed by atoms with Crippen molar-refractivity contribution >= 4 is 50.0 Å². The summed E-state index contributed by atoms with van der Waals surface area (Å²) in [6.45, 7) is 1.80. The fourth-order valence-electron chi connectivity index (χ4n) is 3.61. The molecular formula is C24H20N4O4S2. The number of carbonyl (C=O) groups excluding carboxylic acids is 1. The van der Waals surface area contributed by atoms with Crippen LogP contribution in [0.25, 0.3) is 9.40 Å². The first-order chi connectivity index (χ1) is 16.4. The molecule has 1 aliphatic rings. The van der Waals surface area contributed by atoms with E-state index >= 15 is 0 Å². The molecule has 1 fully saturated rings. The molecule has 1 amide bonds. The van der Waals surface area contributed by atoms with Crippen molar-refractivity contribution in [3.05, 3.63) is 63.5 Å². The van der Waals surface area contributed by atoms with E-state index in [0.29, 0.717) is 24.4 Å². The minimum absolute atomic E-state index is 0.326. The molecule has 34 heavy (non-hydrogen) atoms. The Labute approximate surface area is 203 Å². The summed E-state index contributed by atoms with van der Waals surface area (Å²) in [5.74, 6) is 5.64. The molecule has 8 nitrogen and oxygen atoms in total. The highest BCUT2D eigenvalue weighted by Crippen LogP contribution is 2.52. The van der Waals surface area contributed by atoms with Gasteiger partial charge in [-0.25, -0.2) is 9.48 Å². The molecule has 0 aliphatic heterocycles. The molecule has 1 saturated carbocycles. The van der Waals surface area contributed by atoms with E-state index in [0.717, 1.165) is 24.7 Å². The third-order valence-electron chi connectivity index (χ3n) is 5.75. The maximum absolute atomic E-state index is 12.4. The van der Waals surface area contributed by atoms with Crippen molar-refractivity contribution in [2.24, 2.45) is 7.05 Å². The summed E-state index contributed by atoms with van der Waals surface area (Å²) < 4.78 is 7.94. The minimum atomic E-state index is -0.749. The fraction of sp³-hybridized carbons (Fsp3) is 0.250. The zero-order valence-corrected chi connectivity index (χ0v) is 20.0. The van der Waals surface area contributed by atoms with Crippen molar-refractivity contribution < 1.29 is 19.4 Å². The molecule has 0 saturated heterocycles. The van der Waals surface area contributed by atoms with Gasteiger partial charge < -0.3 is 9.84 Å². The number of rotatable bonds is 5. The topological polar surface area (TPSA) is 106 Å². The maximum atomic E-state index is 12.4. The number of fused-ring (bicyclic) bond motifs is 1. The Morgan fingerprint density at radius 3 is 2.65 bits per heavy atom. The van der Waals surface area contributed by atoms with Gasteiger partial charge in [-0.3, -0.25) is 10.1 Å². The summed E-state index contributed by atoms with van der Waals surface area (Å²) in [5, 5.41) is 21.2. The van der Waals surface area contributed by atoms with Gasteiger partial charge in [-0.1, -0.05) is 35.5 Å². The predicted molar refractivity (Wildman–Crippen MR) is 130 cm³/mol. The van der Waals surface area contributed by atoms with Crippen molar-refractivity contribution in [1.29, 1.82) is 0 Å². The van der Waals surface area contributed by atoms with Crippen LogP contribution in [0, 0.1) is 11.8 Å². The second-order valence-corrected chi connectivity index (χ2v) is 10.5. The SMILES string of the molecule is CC(OC(=O)Nc1c(C#Cc2cc3cc(C4(C(=O)O)CC4)sc3s2)nnn1C)c1ccccc1. The fourth-order valence-corrected chi connectivity index (χ4v) is 6.15. The summed E-state index contributed by atoms with van der Waals surface area (Å²) in [6, 6.07) is 13.4. The Morgan fingerprint density at radius 2 is 1.97 bits per heavy atom. The lowest BCUT2D eigenvalue weighted by molar-refractivity contribution is -0.139. The number of thiophene rings is 2. The number of hydrogen-bond acceptors (Lipinski definition) is 7. The summed E-state index contributed by atoms with van der Waals surface area (Å²) in [6.07, 6.45) is 0.341. The second kappa shape index (κ2) is 8.59. The number of aryl methyl sites for hydroxylation is 1. The number of carboxylic acid groups (broad SMARTS) is 1. The van der Waals surface area contributed by atoms with Crippen molar-refractivity contribution in [2.45, 2.75) is 31.3 Å². The van der Waals surface area contributed by atoms with Crippen LogP contribution in [-0.4, -0.2) is 32.2 Å². The Morgan fingerprint density at radius 1 is 1.21 bits per heavy atom. The third-order valence-corrected chi connectivity index (χ3v) is 8.26. The molecule has 1 aliphatic carbocycles. The molecule has 172 valence electrons. The van der Waals surface area contributed by atoms with Crippen LogP contribution in [-0.2, 0) is 22.0 Å². The van der Waals surface area contributed by atoms with Crippen LogP contribution in [0.15, 0.2) is 42.5 Å². The number of aliphatic carboxylic acids is 1. The summed E-state index contributed by atoms with van der Waals surface area (Å²) in [7, 11) is 1.66. The number of amides is 1. The van der Waals surface area contributed by atoms with E-state index in [1.54, 1.807) is 14.0 Å². The number of hydrogen-bond donors (Lipinski definition) is 2. The van der Waals surface area contributed by atoms with Crippen molar-refractivity contribution in [3.8, 4) is 11.8 Å². The molecule has 0 spiro atoms. The lowest BCUT2D eigenvalue weighted by Crippen LogP contribution is -2.18. The predicted octanol–water partition coefficient (Wildman–Crippen LogP) is 4.92. The van der Waals surface area contributed by atoms with Crippen LogP contribution in [0.2, 0.25) is 0 Å². The highest BCUT2D eigenvalue weighted by molar-refractivity contribution is 7.38. The highest BCUT2D eigenvalue weighted by atomic mass is 32.2. The average Bonchev–Trinajstić information content (AvgIpc) is 3.26. The molecule has 3 heterocycles. The Bertz CT molecular complexity index is 1420. The standard InChI is InChI=1S/C24H20N4O4S2/c1-14(15-6-4-3-5-7-15)32-23(31)25-20-18(26-27-28(20)2)9-8-17-12-16-13-19(34-21(16)33-17)24(10-11-24)22(29)30/h3-7,12-14H,10-11H2,1-2H3,(H,25,31)(H,29,30). The average molecular weight is 493 g/mol. The van der Waals surface area contributed by atoms with Gasteiger partial charge in [0.05, 0.1) is 8.89 Å². The van der Waals surface area contributed by atoms with Gasteiger partial charge in [0.2, 0.25) is 0 Å². The van der Waals surface area contributed by atoms with Gasteiger partial charge in [-0.2, -0.15) is 0 Å². The zero-order valence-electron chi connectivity index (χ0n) is 18.4. The first-order valence-electron chi connectivity index (χ1n) is 10.6. The molecule has 0 radical (unpaired) electrons. The molecule has 0 bridgehead atoms. The lowest BCUT2D eigenvalue weighted by atomic mass is 10.1. The molecule has 5 rings (SSSR count). The molecule has 1 aromatic carbocycles. The number of anilines is 1. The van der Waals surface area contributed by atoms with Crippen LogP contribution in [0.3, 0.4) is 0 Å². The van der Waals surface area contributed by atoms with Crippen LogP contribution in [0.5, 0.6) is 0 Å². The quantitative estimate of drug-likeness (QED) is 0.383. The largest absolute Gasteiger partial charge is 0.481 e. The molecule has 4 aromatic rings. The van der Waals surface area contributed by atoms with E-state index in [4.69, 9.17) is 4.74 Å². The lowest BCUT2D eigenvalue weighted by Gasteiger charge is -2.14. The number of benzene rings is 1. The van der Waals surface area contributed by atoms with E-state index in [-0.39, 0.29) is 0 Å². The Balaban J connectivity index is 1.30. The van der Waals surface area contributed by atoms with Gasteiger partial charge in [0.15, 0.2) is 11.5 Å². The van der Waals surface area contributed by atoms with Crippen molar-refractivity contribution in [3.63, 3.8) is 0 Å². The monoisotopic (exact) mass is 492 g/mol. The Kier molecular flexibility index (Phi) is 5.59. The number of nitrogens with one attached hydrogen (secondary N) is 1.